The molecule has 0 bridgehead atoms. The fraction of sp³-hybridized carbons (Fsp3) is 0.591. The summed E-state index contributed by atoms with van der Waals surface area (Å²) in [5, 5.41) is 5.37. The molecule has 2 amide bonds. The van der Waals surface area contributed by atoms with Crippen LogP contribution in [-0.4, -0.2) is 66.0 Å². The molecular formula is C22H28FN5O4. The van der Waals surface area contributed by atoms with Gasteiger partial charge in [-0.25, -0.2) is 9.18 Å². The van der Waals surface area contributed by atoms with Crippen molar-refractivity contribution in [1.29, 1.82) is 0 Å². The molecule has 2 aromatic rings. The fourth-order valence-corrected chi connectivity index (χ4v) is 5.02. The third-order valence-electron chi connectivity index (χ3n) is 6.80. The Hall–Kier alpha value is -2.72. The number of aryl methyl sites for hydroxylation is 1. The van der Waals surface area contributed by atoms with Crippen molar-refractivity contribution in [3.05, 3.63) is 28.7 Å². The van der Waals surface area contributed by atoms with Gasteiger partial charge in [0.2, 0.25) is 11.8 Å². The van der Waals surface area contributed by atoms with Crippen LogP contribution in [0, 0.1) is 5.92 Å². The maximum Gasteiger partial charge on any atom is 0.329 e. The van der Waals surface area contributed by atoms with Gasteiger partial charge < -0.3 is 15.0 Å². The molecule has 172 valence electrons. The molecule has 4 heterocycles. The molecule has 32 heavy (non-hydrogen) atoms. The fourth-order valence-electron chi connectivity index (χ4n) is 5.02. The number of imidazole rings is 1. The standard InChI is InChI=1S/C22H28FN5O4/c1-26-20-15(27-10-13(11-27)12-32-18-7-8-24-9-14(18)23)3-2-4-16(20)28(22(26)31)17-5-6-19(29)25-21(17)30/h2-4,13-14,17-18,24H,5-12H2,1H3,(H,25,29,30)/t14-,17?,18+/m0/s1. The number of ether oxygens (including phenoxy) is 1. The number of anilines is 1. The van der Waals surface area contributed by atoms with Gasteiger partial charge in [-0.05, 0) is 31.5 Å². The molecule has 0 spiro atoms. The predicted octanol–water partition coefficient (Wildman–Crippen LogP) is 0.471. The summed E-state index contributed by atoms with van der Waals surface area (Å²) in [6.45, 7) is 3.18. The Balaban J connectivity index is 1.33. The third-order valence-corrected chi connectivity index (χ3v) is 6.80. The number of nitrogens with zero attached hydrogens (tertiary/aromatic N) is 3. The molecule has 2 N–H and O–H groups in total. The molecule has 10 heteroatoms. The molecule has 1 aromatic heterocycles. The summed E-state index contributed by atoms with van der Waals surface area (Å²) in [4.78, 5) is 39.2. The molecule has 3 aliphatic heterocycles. The van der Waals surface area contributed by atoms with Gasteiger partial charge in [0, 0.05) is 39.0 Å². The first-order valence-electron chi connectivity index (χ1n) is 11.2. The lowest BCUT2D eigenvalue weighted by molar-refractivity contribution is -0.135. The number of rotatable bonds is 5. The van der Waals surface area contributed by atoms with E-state index in [-0.39, 0.29) is 24.1 Å². The minimum Gasteiger partial charge on any atom is -0.375 e. The van der Waals surface area contributed by atoms with Gasteiger partial charge in [0.15, 0.2) is 0 Å². The number of benzene rings is 1. The first-order chi connectivity index (χ1) is 15.4. The van der Waals surface area contributed by atoms with E-state index in [0.29, 0.717) is 37.4 Å². The quantitative estimate of drug-likeness (QED) is 0.650. The van der Waals surface area contributed by atoms with Crippen LogP contribution < -0.4 is 21.2 Å². The Bertz CT molecular complexity index is 1110. The van der Waals surface area contributed by atoms with Crippen LogP contribution in [0.25, 0.3) is 11.0 Å². The van der Waals surface area contributed by atoms with Gasteiger partial charge in [-0.1, -0.05) is 6.07 Å². The third kappa shape index (κ3) is 3.61. The number of hydrogen-bond donors (Lipinski definition) is 2. The van der Waals surface area contributed by atoms with Crippen LogP contribution in [0.15, 0.2) is 23.0 Å². The number of nitrogens with one attached hydrogen (secondary N) is 2. The Morgan fingerprint density at radius 3 is 2.75 bits per heavy atom. The summed E-state index contributed by atoms with van der Waals surface area (Å²) >= 11 is 0. The molecule has 3 saturated heterocycles. The molecule has 3 atom stereocenters. The second-order valence-corrected chi connectivity index (χ2v) is 8.97. The highest BCUT2D eigenvalue weighted by molar-refractivity contribution is 6.00. The van der Waals surface area contributed by atoms with Crippen LogP contribution in [0.2, 0.25) is 0 Å². The van der Waals surface area contributed by atoms with Crippen molar-refractivity contribution >= 4 is 28.5 Å². The molecule has 9 nitrogen and oxygen atoms in total. The van der Waals surface area contributed by atoms with E-state index in [1.54, 1.807) is 11.6 Å². The summed E-state index contributed by atoms with van der Waals surface area (Å²) in [6, 6.07) is 4.99. The van der Waals surface area contributed by atoms with E-state index in [0.717, 1.165) is 30.8 Å². The minimum atomic E-state index is -0.963. The van der Waals surface area contributed by atoms with E-state index < -0.39 is 18.1 Å². The van der Waals surface area contributed by atoms with Crippen molar-refractivity contribution in [1.82, 2.24) is 19.8 Å². The number of carbonyl (C=O) groups is 2. The number of para-hydroxylation sites is 1. The zero-order valence-electron chi connectivity index (χ0n) is 18.1. The highest BCUT2D eigenvalue weighted by atomic mass is 19.1. The average molecular weight is 445 g/mol. The lowest BCUT2D eigenvalue weighted by atomic mass is 9.99. The maximum absolute atomic E-state index is 13.9. The second kappa shape index (κ2) is 8.32. The largest absolute Gasteiger partial charge is 0.375 e. The number of aromatic nitrogens is 2. The van der Waals surface area contributed by atoms with Gasteiger partial charge in [0.25, 0.3) is 0 Å². The van der Waals surface area contributed by atoms with E-state index in [2.05, 4.69) is 15.5 Å². The van der Waals surface area contributed by atoms with Crippen LogP contribution in [-0.2, 0) is 21.4 Å². The van der Waals surface area contributed by atoms with Crippen molar-refractivity contribution in [2.45, 2.75) is 37.6 Å². The highest BCUT2D eigenvalue weighted by Gasteiger charge is 2.34. The number of fused-ring (bicyclic) bond motifs is 1. The molecule has 0 radical (unpaired) electrons. The van der Waals surface area contributed by atoms with Gasteiger partial charge >= 0.3 is 5.69 Å². The first-order valence-corrected chi connectivity index (χ1v) is 11.2. The number of carbonyl (C=O) groups excluding carboxylic acids is 2. The molecule has 1 unspecified atom stereocenters. The SMILES string of the molecule is Cn1c(=O)n(C2CCC(=O)NC2=O)c2cccc(N3CC(CO[C@@H]4CCNC[C@@H]4F)C3)c21. The molecule has 0 saturated carbocycles. The predicted molar refractivity (Wildman–Crippen MR) is 116 cm³/mol. The summed E-state index contributed by atoms with van der Waals surface area (Å²) < 4.78 is 22.9. The van der Waals surface area contributed by atoms with E-state index in [4.69, 9.17) is 4.74 Å². The first kappa shape index (κ1) is 21.1. The van der Waals surface area contributed by atoms with Crippen LogP contribution in [0.5, 0.6) is 0 Å². The molecule has 0 aliphatic carbocycles. The molecule has 3 aliphatic rings. The summed E-state index contributed by atoms with van der Waals surface area (Å²) in [6.07, 6.45) is -0.0907. The smallest absolute Gasteiger partial charge is 0.329 e. The molecule has 3 fully saturated rings. The normalized spacial score (nSPS) is 26.9. The van der Waals surface area contributed by atoms with E-state index in [1.807, 2.05) is 18.2 Å². The monoisotopic (exact) mass is 445 g/mol. The Labute approximate surface area is 184 Å². The highest BCUT2D eigenvalue weighted by Crippen LogP contribution is 2.33. The number of amides is 2. The van der Waals surface area contributed by atoms with Crippen molar-refractivity contribution in [2.75, 3.05) is 37.7 Å². The van der Waals surface area contributed by atoms with Crippen molar-refractivity contribution in [3.63, 3.8) is 0 Å². The Morgan fingerprint density at radius 1 is 1.19 bits per heavy atom. The average Bonchev–Trinajstić information content (AvgIpc) is 2.99. The Kier molecular flexibility index (Phi) is 5.50. The molecular weight excluding hydrogens is 417 g/mol. The maximum atomic E-state index is 13.9. The topological polar surface area (TPSA) is 97.6 Å². The van der Waals surface area contributed by atoms with E-state index >= 15 is 0 Å². The van der Waals surface area contributed by atoms with Crippen LogP contribution in [0.3, 0.4) is 0 Å². The number of piperidine rings is 2. The summed E-state index contributed by atoms with van der Waals surface area (Å²) in [5.41, 5.74) is 2.10. The minimum absolute atomic E-state index is 0.212. The lowest BCUT2D eigenvalue weighted by Gasteiger charge is -2.42. The number of alkyl halides is 1. The number of halogens is 1. The van der Waals surface area contributed by atoms with Crippen molar-refractivity contribution in [3.8, 4) is 0 Å². The number of hydrogen-bond acceptors (Lipinski definition) is 6. The van der Waals surface area contributed by atoms with Gasteiger partial charge in [-0.2, -0.15) is 0 Å². The zero-order chi connectivity index (χ0) is 22.4. The van der Waals surface area contributed by atoms with E-state index in [9.17, 15) is 18.8 Å². The van der Waals surface area contributed by atoms with Gasteiger partial charge in [-0.3, -0.25) is 24.0 Å². The van der Waals surface area contributed by atoms with Crippen molar-refractivity contribution in [2.24, 2.45) is 13.0 Å². The molecule has 1 aromatic carbocycles. The van der Waals surface area contributed by atoms with Gasteiger partial charge in [0.1, 0.15) is 12.2 Å². The summed E-state index contributed by atoms with van der Waals surface area (Å²) in [5.74, 6) is -0.439. The molecule has 5 rings (SSSR count). The van der Waals surface area contributed by atoms with E-state index in [1.165, 1.54) is 4.57 Å². The lowest BCUT2D eigenvalue weighted by Crippen LogP contribution is -2.50. The number of imide groups is 1. The van der Waals surface area contributed by atoms with Gasteiger partial charge in [0.05, 0.1) is 29.4 Å². The summed E-state index contributed by atoms with van der Waals surface area (Å²) in [7, 11) is 1.70. The van der Waals surface area contributed by atoms with Crippen LogP contribution in [0.4, 0.5) is 10.1 Å². The second-order valence-electron chi connectivity index (χ2n) is 8.97. The van der Waals surface area contributed by atoms with Crippen LogP contribution >= 0.6 is 0 Å². The van der Waals surface area contributed by atoms with Crippen LogP contribution in [0.1, 0.15) is 25.3 Å². The zero-order valence-corrected chi connectivity index (χ0v) is 18.1. The van der Waals surface area contributed by atoms with Crippen molar-refractivity contribution < 1.29 is 18.7 Å². The Morgan fingerprint density at radius 2 is 2.00 bits per heavy atom. The van der Waals surface area contributed by atoms with Gasteiger partial charge in [-0.15, -0.1) is 0 Å².